The minimum absolute atomic E-state index is 0.0762. The molecule has 0 bridgehead atoms. The van der Waals surface area contributed by atoms with Crippen LogP contribution in [-0.2, 0) is 36.7 Å². The number of carbonyl (C=O) groups excluding carboxylic acids is 2. The predicted molar refractivity (Wildman–Crippen MR) is 120 cm³/mol. The maximum atomic E-state index is 13.3. The Labute approximate surface area is 189 Å². The van der Waals surface area contributed by atoms with Gasteiger partial charge in [0, 0.05) is 0 Å². The van der Waals surface area contributed by atoms with E-state index in [1.54, 1.807) is 31.2 Å². The van der Waals surface area contributed by atoms with Crippen molar-refractivity contribution >= 4 is 34.7 Å². The second-order valence-electron chi connectivity index (χ2n) is 7.35. The van der Waals surface area contributed by atoms with Crippen LogP contribution in [0.4, 0.5) is 5.69 Å². The van der Waals surface area contributed by atoms with Crippen LogP contribution < -0.4 is 10.2 Å². The fraction of sp³-hybridized carbons (Fsp3) is 0.348. The highest BCUT2D eigenvalue weighted by Crippen LogP contribution is 2.30. The highest BCUT2D eigenvalue weighted by Gasteiger charge is 2.40. The number of carbonyl (C=O) groups is 3. The predicted octanol–water partition coefficient (Wildman–Crippen LogP) is 1.75. The van der Waals surface area contributed by atoms with Gasteiger partial charge in [0.25, 0.3) is 0 Å². The fourth-order valence-corrected chi connectivity index (χ4v) is 4.98. The molecule has 8 nitrogen and oxygen atoms in total. The van der Waals surface area contributed by atoms with Crippen molar-refractivity contribution in [1.82, 2.24) is 5.32 Å². The summed E-state index contributed by atoms with van der Waals surface area (Å²) in [5.74, 6) is -2.31. The molecule has 0 radical (unpaired) electrons. The van der Waals surface area contributed by atoms with E-state index < -0.39 is 47.7 Å². The van der Waals surface area contributed by atoms with Gasteiger partial charge < -0.3 is 14.4 Å². The fourth-order valence-electron chi connectivity index (χ4n) is 3.62. The molecule has 0 aliphatic carbocycles. The molecule has 170 valence electrons. The van der Waals surface area contributed by atoms with Crippen LogP contribution in [0.2, 0.25) is 0 Å². The van der Waals surface area contributed by atoms with Crippen molar-refractivity contribution in [3.8, 4) is 0 Å². The van der Waals surface area contributed by atoms with E-state index in [-0.39, 0.29) is 12.4 Å². The molecule has 2 unspecified atom stereocenters. The number of nitrogens with zero attached hydrogens (tertiary/aromatic N) is 1. The normalized spacial score (nSPS) is 19.1. The van der Waals surface area contributed by atoms with E-state index in [0.717, 1.165) is 10.5 Å². The van der Waals surface area contributed by atoms with Gasteiger partial charge in [0.1, 0.15) is 24.4 Å². The quantitative estimate of drug-likeness (QED) is 0.434. The lowest BCUT2D eigenvalue weighted by atomic mass is 10.0. The first-order valence-electron chi connectivity index (χ1n) is 10.4. The summed E-state index contributed by atoms with van der Waals surface area (Å²) in [5.41, 5.74) is 1.33. The van der Waals surface area contributed by atoms with E-state index in [4.69, 9.17) is 4.74 Å². The zero-order valence-electron chi connectivity index (χ0n) is 17.7. The summed E-state index contributed by atoms with van der Waals surface area (Å²) in [6.07, 6.45) is 0.936. The molecule has 1 amide bonds. The maximum absolute atomic E-state index is 13.3. The average Bonchev–Trinajstić information content (AvgIpc) is 2.88. The first-order chi connectivity index (χ1) is 15.4. The van der Waals surface area contributed by atoms with Crippen LogP contribution in [0.3, 0.4) is 0 Å². The Morgan fingerprint density at radius 2 is 1.91 bits per heavy atom. The summed E-state index contributed by atoms with van der Waals surface area (Å²) < 4.78 is 18.2. The number of nitrogens with one attached hydrogen (secondary N) is 1. The monoisotopic (exact) mass is 458 g/mol. The second kappa shape index (κ2) is 11.1. The molecule has 0 aromatic heterocycles. The molecule has 0 spiro atoms. The Balaban J connectivity index is 1.85. The van der Waals surface area contributed by atoms with E-state index in [1.165, 1.54) is 0 Å². The Morgan fingerprint density at radius 3 is 2.59 bits per heavy atom. The van der Waals surface area contributed by atoms with Crippen LogP contribution in [0.25, 0.3) is 0 Å². The molecular weight excluding hydrogens is 432 g/mol. The third-order valence-electron chi connectivity index (χ3n) is 5.11. The molecule has 0 fully saturated rings. The Bertz CT molecular complexity index is 955. The van der Waals surface area contributed by atoms with Gasteiger partial charge in [-0.3, -0.25) is 24.6 Å². The minimum Gasteiger partial charge on any atom is -0.611 e. The largest absolute Gasteiger partial charge is 0.611 e. The summed E-state index contributed by atoms with van der Waals surface area (Å²) in [6.45, 7) is 1.31. The number of carboxylic acid groups (broad SMARTS) is 1. The van der Waals surface area contributed by atoms with Crippen molar-refractivity contribution in [1.29, 1.82) is 0 Å². The molecule has 1 aliphatic heterocycles. The van der Waals surface area contributed by atoms with Crippen molar-refractivity contribution < 1.29 is 28.8 Å². The van der Waals surface area contributed by atoms with Crippen molar-refractivity contribution in [2.24, 2.45) is 0 Å². The Morgan fingerprint density at radius 1 is 1.22 bits per heavy atom. The van der Waals surface area contributed by atoms with Gasteiger partial charge in [-0.15, -0.1) is 0 Å². The molecule has 1 aliphatic rings. The number of hydrogen-bond acceptors (Lipinski definition) is 6. The number of amides is 1. The van der Waals surface area contributed by atoms with Crippen molar-refractivity contribution in [3.63, 3.8) is 0 Å². The SMILES string of the molecule is CCOC(=O)[C@@H](CCc1ccccc1)NC1C[S+]([O-])c2ccccc2N(CC(=O)O)C1=O. The summed E-state index contributed by atoms with van der Waals surface area (Å²) in [6, 6.07) is 14.3. The third kappa shape index (κ3) is 5.87. The second-order valence-corrected chi connectivity index (χ2v) is 8.81. The number of anilines is 1. The third-order valence-corrected chi connectivity index (χ3v) is 6.59. The van der Waals surface area contributed by atoms with E-state index in [1.807, 2.05) is 30.3 Å². The molecule has 3 atom stereocenters. The van der Waals surface area contributed by atoms with Crippen molar-refractivity contribution in [2.45, 2.75) is 36.7 Å². The molecule has 1 heterocycles. The first kappa shape index (κ1) is 23.8. The zero-order valence-corrected chi connectivity index (χ0v) is 18.5. The summed E-state index contributed by atoms with van der Waals surface area (Å²) >= 11 is -1.56. The number of carboxylic acids is 1. The highest BCUT2D eigenvalue weighted by atomic mass is 32.2. The zero-order chi connectivity index (χ0) is 23.1. The van der Waals surface area contributed by atoms with Crippen LogP contribution in [0.1, 0.15) is 18.9 Å². The highest BCUT2D eigenvalue weighted by molar-refractivity contribution is 7.91. The average molecular weight is 459 g/mol. The van der Waals surface area contributed by atoms with Crippen LogP contribution in [0, 0.1) is 0 Å². The molecule has 9 heteroatoms. The molecule has 0 saturated heterocycles. The molecule has 2 aromatic carbocycles. The number of hydrogen-bond donors (Lipinski definition) is 2. The molecular formula is C23H26N2O6S. The van der Waals surface area contributed by atoms with Gasteiger partial charge in [-0.05, 0) is 48.6 Å². The molecule has 3 rings (SSSR count). The van der Waals surface area contributed by atoms with E-state index in [0.29, 0.717) is 23.4 Å². The standard InChI is InChI=1S/C23H26N2O6S/c1-2-31-23(29)17(13-12-16-8-4-3-5-9-16)24-18-15-32(30)20-11-7-6-10-19(20)25(22(18)28)14-21(26)27/h3-11,17-18,24H,2,12-15H2,1H3,(H,26,27)/t17-,18?,32?/m1/s1. The van der Waals surface area contributed by atoms with Gasteiger partial charge in [0.15, 0.2) is 4.90 Å². The van der Waals surface area contributed by atoms with Gasteiger partial charge in [0.05, 0.1) is 12.3 Å². The number of esters is 1. The van der Waals surface area contributed by atoms with Crippen molar-refractivity contribution in [3.05, 3.63) is 60.2 Å². The van der Waals surface area contributed by atoms with E-state index in [9.17, 15) is 24.0 Å². The van der Waals surface area contributed by atoms with Gasteiger partial charge in [-0.1, -0.05) is 42.5 Å². The van der Waals surface area contributed by atoms with Gasteiger partial charge in [0.2, 0.25) is 5.91 Å². The van der Waals surface area contributed by atoms with Crippen LogP contribution in [0.15, 0.2) is 59.5 Å². The summed E-state index contributed by atoms with van der Waals surface area (Å²) in [4.78, 5) is 38.8. The lowest BCUT2D eigenvalue weighted by Crippen LogP contribution is -2.55. The van der Waals surface area contributed by atoms with Crippen LogP contribution in [0.5, 0.6) is 0 Å². The number of aliphatic carboxylic acids is 1. The maximum Gasteiger partial charge on any atom is 0.323 e. The smallest absolute Gasteiger partial charge is 0.323 e. The van der Waals surface area contributed by atoms with Gasteiger partial charge >= 0.3 is 11.9 Å². The Kier molecular flexibility index (Phi) is 8.26. The molecule has 32 heavy (non-hydrogen) atoms. The van der Waals surface area contributed by atoms with E-state index >= 15 is 0 Å². The lowest BCUT2D eigenvalue weighted by Gasteiger charge is -2.26. The molecule has 0 saturated carbocycles. The number of ether oxygens (including phenoxy) is 1. The number of benzene rings is 2. The lowest BCUT2D eigenvalue weighted by molar-refractivity contribution is -0.146. The number of fused-ring (bicyclic) bond motifs is 1. The van der Waals surface area contributed by atoms with Gasteiger partial charge in [-0.2, -0.15) is 0 Å². The van der Waals surface area contributed by atoms with Gasteiger partial charge in [-0.25, -0.2) is 0 Å². The number of aryl methyl sites for hydroxylation is 1. The topological polar surface area (TPSA) is 119 Å². The minimum atomic E-state index is -1.56. The van der Waals surface area contributed by atoms with Crippen molar-refractivity contribution in [2.75, 3.05) is 23.8 Å². The van der Waals surface area contributed by atoms with Crippen LogP contribution >= 0.6 is 0 Å². The van der Waals surface area contributed by atoms with E-state index in [2.05, 4.69) is 5.32 Å². The summed E-state index contributed by atoms with van der Waals surface area (Å²) in [7, 11) is 0. The molecule has 2 aromatic rings. The van der Waals surface area contributed by atoms with Crippen LogP contribution in [-0.4, -0.2) is 58.5 Å². The first-order valence-corrected chi connectivity index (χ1v) is 11.7. The number of para-hydroxylation sites is 1. The Hall–Kier alpha value is -2.88. The summed E-state index contributed by atoms with van der Waals surface area (Å²) in [5, 5.41) is 12.4. The number of rotatable bonds is 9. The molecule has 2 N–H and O–H groups in total.